The van der Waals surface area contributed by atoms with Crippen molar-refractivity contribution in [2.75, 3.05) is 0 Å². The van der Waals surface area contributed by atoms with E-state index in [1.807, 2.05) is 0 Å². The van der Waals surface area contributed by atoms with Crippen molar-refractivity contribution in [1.82, 2.24) is 20.3 Å². The van der Waals surface area contributed by atoms with E-state index in [2.05, 4.69) is 20.3 Å². The van der Waals surface area contributed by atoms with Gasteiger partial charge in [-0.25, -0.2) is 0 Å². The molecule has 0 amide bonds. The minimum atomic E-state index is -0.457. The van der Waals surface area contributed by atoms with Crippen molar-refractivity contribution in [3.8, 4) is 23.0 Å². The largest absolute Gasteiger partial charge is 0.461 e. The van der Waals surface area contributed by atoms with E-state index in [4.69, 9.17) is 29.8 Å². The van der Waals surface area contributed by atoms with Crippen LogP contribution >= 0.6 is 11.6 Å². The van der Waals surface area contributed by atoms with E-state index in [9.17, 15) is 4.79 Å². The van der Waals surface area contributed by atoms with Crippen LogP contribution in [0, 0.1) is 0 Å². The molecule has 0 saturated carbocycles. The van der Waals surface area contributed by atoms with Crippen molar-refractivity contribution in [2.45, 2.75) is 19.4 Å². The zero-order chi connectivity index (χ0) is 19.3. The van der Waals surface area contributed by atoms with Crippen molar-refractivity contribution in [3.63, 3.8) is 0 Å². The van der Waals surface area contributed by atoms with Crippen LogP contribution < -0.4 is 0 Å². The molecule has 0 spiro atoms. The number of carbonyl (C=O) groups excluding carboxylic acids is 1. The summed E-state index contributed by atoms with van der Waals surface area (Å²) in [5.41, 5.74) is 0.609. The number of hydrogen-bond acceptors (Lipinski definition) is 9. The third-order valence-electron chi connectivity index (χ3n) is 3.69. The highest BCUT2D eigenvalue weighted by Gasteiger charge is 2.15. The summed E-state index contributed by atoms with van der Waals surface area (Å²) in [6, 6.07) is 10.5. The first kappa shape index (κ1) is 17.9. The fourth-order valence-corrected chi connectivity index (χ4v) is 2.56. The number of hydrogen-bond donors (Lipinski definition) is 0. The summed E-state index contributed by atoms with van der Waals surface area (Å²) in [6.45, 7) is -0.117. The van der Waals surface area contributed by atoms with Gasteiger partial charge in [0.25, 0.3) is 5.89 Å². The Morgan fingerprint density at radius 1 is 1.07 bits per heavy atom. The lowest BCUT2D eigenvalue weighted by Crippen LogP contribution is -2.07. The average Bonchev–Trinajstić information content (AvgIpc) is 3.46. The molecule has 0 N–H and O–H groups in total. The number of halogens is 1. The van der Waals surface area contributed by atoms with Gasteiger partial charge in [0.2, 0.25) is 17.5 Å². The van der Waals surface area contributed by atoms with Crippen molar-refractivity contribution in [2.24, 2.45) is 0 Å². The number of ether oxygens (including phenoxy) is 1. The van der Waals surface area contributed by atoms with Gasteiger partial charge in [-0.3, -0.25) is 4.79 Å². The number of nitrogens with zero attached hydrogens (tertiary/aromatic N) is 4. The van der Waals surface area contributed by atoms with Gasteiger partial charge >= 0.3 is 5.97 Å². The van der Waals surface area contributed by atoms with Crippen molar-refractivity contribution in [1.29, 1.82) is 0 Å². The Balaban J connectivity index is 1.28. The van der Waals surface area contributed by atoms with Gasteiger partial charge in [0.1, 0.15) is 0 Å². The molecule has 10 heteroatoms. The van der Waals surface area contributed by atoms with Crippen LogP contribution in [0.15, 0.2) is 56.1 Å². The topological polar surface area (TPSA) is 117 Å². The maximum absolute atomic E-state index is 11.9. The third-order valence-corrected chi connectivity index (χ3v) is 4.02. The Labute approximate surface area is 163 Å². The van der Waals surface area contributed by atoms with E-state index in [-0.39, 0.29) is 31.2 Å². The Hall–Kier alpha value is -3.46. The monoisotopic (exact) mass is 400 g/mol. The molecule has 4 rings (SSSR count). The van der Waals surface area contributed by atoms with Gasteiger partial charge in [-0.05, 0) is 24.3 Å². The number of esters is 1. The summed E-state index contributed by atoms with van der Waals surface area (Å²) in [4.78, 5) is 20.2. The van der Waals surface area contributed by atoms with Crippen LogP contribution in [0.25, 0.3) is 23.0 Å². The van der Waals surface area contributed by atoms with Gasteiger partial charge in [0.15, 0.2) is 12.4 Å². The van der Waals surface area contributed by atoms with Crippen LogP contribution in [0.1, 0.15) is 18.1 Å². The molecule has 0 unspecified atom stereocenters. The Morgan fingerprint density at radius 3 is 2.79 bits per heavy atom. The van der Waals surface area contributed by atoms with Crippen molar-refractivity contribution < 1.29 is 23.0 Å². The molecule has 0 atom stereocenters. The Bertz CT molecular complexity index is 1070. The molecule has 0 saturated heterocycles. The highest BCUT2D eigenvalue weighted by atomic mass is 35.5. The number of aryl methyl sites for hydroxylation is 1. The van der Waals surface area contributed by atoms with E-state index in [0.29, 0.717) is 28.1 Å². The molecule has 4 aromatic rings. The van der Waals surface area contributed by atoms with E-state index < -0.39 is 5.97 Å². The van der Waals surface area contributed by atoms with E-state index in [0.717, 1.165) is 0 Å². The van der Waals surface area contributed by atoms with Crippen LogP contribution in [0.5, 0.6) is 0 Å². The van der Waals surface area contributed by atoms with Gasteiger partial charge in [0.05, 0.1) is 23.3 Å². The molecule has 0 aliphatic carbocycles. The first-order valence-corrected chi connectivity index (χ1v) is 8.66. The quantitative estimate of drug-likeness (QED) is 0.427. The summed E-state index contributed by atoms with van der Waals surface area (Å²) >= 11 is 6.09. The maximum atomic E-state index is 11.9. The second kappa shape index (κ2) is 8.05. The molecule has 142 valence electrons. The smallest absolute Gasteiger partial charge is 0.306 e. The van der Waals surface area contributed by atoms with Crippen molar-refractivity contribution >= 4 is 17.6 Å². The molecule has 28 heavy (non-hydrogen) atoms. The standard InChI is InChI=1S/C18H13ClN4O5/c19-12-5-2-1-4-11(12)18-20-14(22-28-18)10-26-16(24)8-7-15-21-17(23-27-15)13-6-3-9-25-13/h1-6,9H,7-8,10H2. The molecule has 0 aliphatic heterocycles. The molecule has 1 aromatic carbocycles. The molecule has 0 fully saturated rings. The molecule has 3 heterocycles. The van der Waals surface area contributed by atoms with Crippen LogP contribution in [0.2, 0.25) is 5.02 Å². The van der Waals surface area contributed by atoms with Gasteiger partial charge in [-0.2, -0.15) is 9.97 Å². The fourth-order valence-electron chi connectivity index (χ4n) is 2.35. The van der Waals surface area contributed by atoms with Crippen LogP contribution in [0.3, 0.4) is 0 Å². The number of benzene rings is 1. The number of carbonyl (C=O) groups is 1. The molecule has 9 nitrogen and oxygen atoms in total. The molecular formula is C18H13ClN4O5. The normalized spacial score (nSPS) is 10.9. The van der Waals surface area contributed by atoms with Crippen LogP contribution in [-0.4, -0.2) is 26.3 Å². The van der Waals surface area contributed by atoms with Crippen LogP contribution in [-0.2, 0) is 22.6 Å². The Morgan fingerprint density at radius 2 is 1.96 bits per heavy atom. The van der Waals surface area contributed by atoms with Gasteiger partial charge in [0, 0.05) is 6.42 Å². The first-order valence-electron chi connectivity index (χ1n) is 8.28. The highest BCUT2D eigenvalue weighted by molar-refractivity contribution is 6.33. The number of furan rings is 1. The molecule has 0 bridgehead atoms. The lowest BCUT2D eigenvalue weighted by Gasteiger charge is -1.99. The van der Waals surface area contributed by atoms with E-state index >= 15 is 0 Å². The zero-order valence-corrected chi connectivity index (χ0v) is 15.1. The summed E-state index contributed by atoms with van der Waals surface area (Å²) in [6.07, 6.45) is 1.82. The van der Waals surface area contributed by atoms with E-state index in [1.54, 1.807) is 36.4 Å². The first-order chi connectivity index (χ1) is 13.7. The maximum Gasteiger partial charge on any atom is 0.306 e. The molecule has 0 aliphatic rings. The lowest BCUT2D eigenvalue weighted by atomic mass is 10.2. The average molecular weight is 401 g/mol. The molecule has 3 aromatic heterocycles. The zero-order valence-electron chi connectivity index (χ0n) is 14.4. The van der Waals surface area contributed by atoms with E-state index in [1.165, 1.54) is 6.26 Å². The second-order valence-corrected chi connectivity index (χ2v) is 6.05. The fraction of sp³-hybridized carbons (Fsp3) is 0.167. The second-order valence-electron chi connectivity index (χ2n) is 5.65. The predicted octanol–water partition coefficient (Wildman–Crippen LogP) is 3.71. The third kappa shape index (κ3) is 4.09. The predicted molar refractivity (Wildman–Crippen MR) is 94.9 cm³/mol. The number of aromatic nitrogens is 4. The van der Waals surface area contributed by atoms with Crippen molar-refractivity contribution in [3.05, 3.63) is 59.4 Å². The summed E-state index contributed by atoms with van der Waals surface area (Å²) in [5, 5.41) is 8.07. The minimum Gasteiger partial charge on any atom is -0.461 e. The SMILES string of the molecule is O=C(CCc1nc(-c2ccco2)no1)OCc1noc(-c2ccccc2Cl)n1. The van der Waals surface area contributed by atoms with Gasteiger partial charge in [-0.15, -0.1) is 0 Å². The molecular weight excluding hydrogens is 388 g/mol. The minimum absolute atomic E-state index is 0.0645. The van der Waals surface area contributed by atoms with Crippen LogP contribution in [0.4, 0.5) is 0 Å². The number of rotatable bonds is 7. The van der Waals surface area contributed by atoms with Gasteiger partial charge < -0.3 is 18.2 Å². The molecule has 0 radical (unpaired) electrons. The summed E-state index contributed by atoms with van der Waals surface area (Å²) in [7, 11) is 0. The lowest BCUT2D eigenvalue weighted by molar-refractivity contribution is -0.145. The summed E-state index contributed by atoms with van der Waals surface area (Å²) in [5.74, 6) is 1.16. The Kier molecular flexibility index (Phi) is 5.16. The summed E-state index contributed by atoms with van der Waals surface area (Å²) < 4.78 is 20.6. The van der Waals surface area contributed by atoms with Gasteiger partial charge in [-0.1, -0.05) is 34.0 Å². The highest BCUT2D eigenvalue weighted by Crippen LogP contribution is 2.25.